The number of aromatic amines is 1. The van der Waals surface area contributed by atoms with Crippen molar-refractivity contribution < 1.29 is 9.21 Å². The van der Waals surface area contributed by atoms with Crippen molar-refractivity contribution in [3.05, 3.63) is 69.9 Å². The number of carbonyl (C=O) groups is 1. The largest absolute Gasteiger partial charge is 0.467 e. The van der Waals surface area contributed by atoms with Crippen LogP contribution in [0, 0.1) is 6.92 Å². The summed E-state index contributed by atoms with van der Waals surface area (Å²) >= 11 is 0. The molecule has 2 heterocycles. The first-order valence-corrected chi connectivity index (χ1v) is 7.53. The average Bonchev–Trinajstić information content (AvgIpc) is 3.04. The first kappa shape index (κ1) is 15.1. The van der Waals surface area contributed by atoms with Crippen molar-refractivity contribution in [3.63, 3.8) is 0 Å². The Kier molecular flexibility index (Phi) is 4.28. The normalized spacial score (nSPS) is 10.8. The Bertz CT molecular complexity index is 879. The number of furan rings is 1. The lowest BCUT2D eigenvalue weighted by molar-refractivity contribution is -0.121. The van der Waals surface area contributed by atoms with Gasteiger partial charge in [0, 0.05) is 17.5 Å². The number of aromatic nitrogens is 1. The third kappa shape index (κ3) is 3.69. The summed E-state index contributed by atoms with van der Waals surface area (Å²) in [6.45, 7) is 2.34. The van der Waals surface area contributed by atoms with Gasteiger partial charge in [-0.2, -0.15) is 0 Å². The van der Waals surface area contributed by atoms with Gasteiger partial charge in [0.1, 0.15) is 5.76 Å². The van der Waals surface area contributed by atoms with Gasteiger partial charge in [0.15, 0.2) is 0 Å². The van der Waals surface area contributed by atoms with E-state index in [0.717, 1.165) is 16.5 Å². The highest BCUT2D eigenvalue weighted by atomic mass is 16.3. The maximum Gasteiger partial charge on any atom is 0.251 e. The quantitative estimate of drug-likeness (QED) is 0.761. The number of hydrogen-bond donors (Lipinski definition) is 2. The maximum atomic E-state index is 12.1. The predicted octanol–water partition coefficient (Wildman–Crippen LogP) is 2.68. The monoisotopic (exact) mass is 310 g/mol. The number of hydrogen-bond acceptors (Lipinski definition) is 3. The molecule has 0 aliphatic heterocycles. The highest BCUT2D eigenvalue weighted by Crippen LogP contribution is 2.13. The van der Waals surface area contributed by atoms with Crippen molar-refractivity contribution in [2.45, 2.75) is 26.3 Å². The molecule has 0 saturated carbocycles. The summed E-state index contributed by atoms with van der Waals surface area (Å²) in [5.74, 6) is 0.599. The molecule has 118 valence electrons. The number of amides is 1. The molecule has 0 aliphatic carbocycles. The van der Waals surface area contributed by atoms with Gasteiger partial charge in [-0.3, -0.25) is 9.59 Å². The molecule has 2 aromatic heterocycles. The Morgan fingerprint density at radius 1 is 1.26 bits per heavy atom. The zero-order valence-electron chi connectivity index (χ0n) is 12.9. The summed E-state index contributed by atoms with van der Waals surface area (Å²) in [5.41, 5.74) is 2.40. The minimum atomic E-state index is -0.137. The van der Waals surface area contributed by atoms with Gasteiger partial charge in [-0.05, 0) is 48.6 Å². The SMILES string of the molecule is Cc1ccc2cc(CCC(=O)NCc3ccco3)c(=O)[nH]c2c1. The first-order chi connectivity index (χ1) is 11.1. The number of nitrogens with one attached hydrogen (secondary N) is 2. The minimum Gasteiger partial charge on any atom is -0.467 e. The molecule has 23 heavy (non-hydrogen) atoms. The lowest BCUT2D eigenvalue weighted by Crippen LogP contribution is -2.24. The summed E-state index contributed by atoms with van der Waals surface area (Å²) in [6, 6.07) is 11.3. The van der Waals surface area contributed by atoms with Gasteiger partial charge in [0.2, 0.25) is 5.91 Å². The van der Waals surface area contributed by atoms with E-state index in [1.807, 2.05) is 31.2 Å². The van der Waals surface area contributed by atoms with Gasteiger partial charge in [0.25, 0.3) is 5.56 Å². The van der Waals surface area contributed by atoms with Crippen LogP contribution in [0.25, 0.3) is 10.9 Å². The number of benzene rings is 1. The van der Waals surface area contributed by atoms with Crippen LogP contribution in [0.1, 0.15) is 23.3 Å². The van der Waals surface area contributed by atoms with Crippen LogP contribution in [0.15, 0.2) is 51.9 Å². The summed E-state index contributed by atoms with van der Waals surface area (Å²) in [7, 11) is 0. The fraction of sp³-hybridized carbons (Fsp3) is 0.222. The molecule has 0 fully saturated rings. The van der Waals surface area contributed by atoms with Gasteiger partial charge < -0.3 is 14.7 Å². The Hall–Kier alpha value is -2.82. The van der Waals surface area contributed by atoms with Crippen LogP contribution in [0.2, 0.25) is 0 Å². The molecule has 2 N–H and O–H groups in total. The molecular formula is C18H18N2O3. The zero-order chi connectivity index (χ0) is 16.2. The standard InChI is InChI=1S/C18H18N2O3/c1-12-4-5-13-10-14(18(22)20-16(13)9-12)6-7-17(21)19-11-15-3-2-8-23-15/h2-5,8-10H,6-7,11H2,1H3,(H,19,21)(H,20,22). The molecule has 1 aromatic carbocycles. The third-order valence-corrected chi connectivity index (χ3v) is 3.74. The second-order valence-electron chi connectivity index (χ2n) is 5.57. The first-order valence-electron chi connectivity index (χ1n) is 7.53. The Morgan fingerprint density at radius 3 is 2.91 bits per heavy atom. The van der Waals surface area contributed by atoms with Gasteiger partial charge in [-0.25, -0.2) is 0 Å². The minimum absolute atomic E-state index is 0.107. The van der Waals surface area contributed by atoms with E-state index in [1.165, 1.54) is 0 Å². The number of rotatable bonds is 5. The zero-order valence-corrected chi connectivity index (χ0v) is 12.9. The van der Waals surface area contributed by atoms with Gasteiger partial charge in [0.05, 0.1) is 12.8 Å². The predicted molar refractivity (Wildman–Crippen MR) is 88.2 cm³/mol. The fourth-order valence-electron chi connectivity index (χ4n) is 2.48. The number of carbonyl (C=O) groups excluding carboxylic acids is 1. The molecule has 3 rings (SSSR count). The van der Waals surface area contributed by atoms with Crippen molar-refractivity contribution in [1.82, 2.24) is 10.3 Å². The van der Waals surface area contributed by atoms with Crippen LogP contribution in [-0.4, -0.2) is 10.9 Å². The molecular weight excluding hydrogens is 292 g/mol. The molecule has 5 nitrogen and oxygen atoms in total. The van der Waals surface area contributed by atoms with Crippen molar-refractivity contribution >= 4 is 16.8 Å². The summed E-state index contributed by atoms with van der Waals surface area (Å²) in [6.07, 6.45) is 2.24. The molecule has 0 bridgehead atoms. The lowest BCUT2D eigenvalue weighted by Gasteiger charge is -2.05. The molecule has 0 aliphatic rings. The second kappa shape index (κ2) is 6.52. The molecule has 5 heteroatoms. The van der Waals surface area contributed by atoms with Gasteiger partial charge in [-0.1, -0.05) is 12.1 Å². The van der Waals surface area contributed by atoms with E-state index >= 15 is 0 Å². The van der Waals surface area contributed by atoms with Crippen molar-refractivity contribution in [1.29, 1.82) is 0 Å². The molecule has 0 saturated heterocycles. The van der Waals surface area contributed by atoms with E-state index in [1.54, 1.807) is 18.4 Å². The number of pyridine rings is 1. The van der Waals surface area contributed by atoms with Crippen molar-refractivity contribution in [2.75, 3.05) is 0 Å². The van der Waals surface area contributed by atoms with E-state index in [9.17, 15) is 9.59 Å². The van der Waals surface area contributed by atoms with Crippen molar-refractivity contribution in [3.8, 4) is 0 Å². The second-order valence-corrected chi connectivity index (χ2v) is 5.57. The van der Waals surface area contributed by atoms with E-state index in [-0.39, 0.29) is 17.9 Å². The summed E-state index contributed by atoms with van der Waals surface area (Å²) < 4.78 is 5.15. The van der Waals surface area contributed by atoms with Gasteiger partial charge in [-0.15, -0.1) is 0 Å². The smallest absolute Gasteiger partial charge is 0.251 e. The molecule has 0 spiro atoms. The average molecular weight is 310 g/mol. The molecule has 3 aromatic rings. The van der Waals surface area contributed by atoms with Crippen LogP contribution in [-0.2, 0) is 17.8 Å². The summed E-state index contributed by atoms with van der Waals surface area (Å²) in [5, 5.41) is 3.75. The van der Waals surface area contributed by atoms with Gasteiger partial charge >= 0.3 is 0 Å². The Morgan fingerprint density at radius 2 is 2.13 bits per heavy atom. The fourth-order valence-corrected chi connectivity index (χ4v) is 2.48. The maximum absolute atomic E-state index is 12.1. The van der Waals surface area contributed by atoms with Crippen LogP contribution < -0.4 is 10.9 Å². The molecule has 0 unspecified atom stereocenters. The summed E-state index contributed by atoms with van der Waals surface area (Å²) in [4.78, 5) is 26.8. The third-order valence-electron chi connectivity index (χ3n) is 3.74. The van der Waals surface area contributed by atoms with E-state index in [2.05, 4.69) is 10.3 Å². The van der Waals surface area contributed by atoms with E-state index in [0.29, 0.717) is 24.3 Å². The highest BCUT2D eigenvalue weighted by Gasteiger charge is 2.07. The highest BCUT2D eigenvalue weighted by molar-refractivity contribution is 5.80. The van der Waals surface area contributed by atoms with E-state index in [4.69, 9.17) is 4.42 Å². The number of fused-ring (bicyclic) bond motifs is 1. The number of aryl methyl sites for hydroxylation is 2. The van der Waals surface area contributed by atoms with Crippen molar-refractivity contribution in [2.24, 2.45) is 0 Å². The lowest BCUT2D eigenvalue weighted by atomic mass is 10.1. The van der Waals surface area contributed by atoms with Crippen LogP contribution >= 0.6 is 0 Å². The van der Waals surface area contributed by atoms with Crippen LogP contribution in [0.4, 0.5) is 0 Å². The number of H-pyrrole nitrogens is 1. The molecule has 0 radical (unpaired) electrons. The Labute approximate surface area is 133 Å². The topological polar surface area (TPSA) is 75.1 Å². The molecule has 0 atom stereocenters. The van der Waals surface area contributed by atoms with Crippen LogP contribution in [0.3, 0.4) is 0 Å². The Balaban J connectivity index is 1.64. The van der Waals surface area contributed by atoms with E-state index < -0.39 is 0 Å². The molecule has 1 amide bonds. The van der Waals surface area contributed by atoms with Crippen LogP contribution in [0.5, 0.6) is 0 Å².